The summed E-state index contributed by atoms with van der Waals surface area (Å²) in [6.07, 6.45) is 4.49. The maximum Gasteiger partial charge on any atom is 0.302 e. The Labute approximate surface area is 102 Å². The second kappa shape index (κ2) is 7.26. The highest BCUT2D eigenvalue weighted by atomic mass is 79.9. The zero-order valence-corrected chi connectivity index (χ0v) is 11.9. The van der Waals surface area contributed by atoms with Gasteiger partial charge in [0.15, 0.2) is 0 Å². The number of carbonyl (C=O) groups excluding carboxylic acids is 1. The summed E-state index contributed by atoms with van der Waals surface area (Å²) in [7, 11) is 0. The first kappa shape index (κ1) is 14.9. The molecule has 3 heteroatoms. The van der Waals surface area contributed by atoms with E-state index in [9.17, 15) is 4.79 Å². The maximum absolute atomic E-state index is 10.6. The van der Waals surface area contributed by atoms with E-state index in [1.165, 1.54) is 19.8 Å². The van der Waals surface area contributed by atoms with Gasteiger partial charge in [0.25, 0.3) is 0 Å². The Morgan fingerprint density at radius 2 is 2.00 bits per heavy atom. The van der Waals surface area contributed by atoms with Crippen molar-refractivity contribution in [3.63, 3.8) is 0 Å². The second-order valence-corrected chi connectivity index (χ2v) is 6.70. The van der Waals surface area contributed by atoms with Crippen molar-refractivity contribution in [1.29, 1.82) is 0 Å². The summed E-state index contributed by atoms with van der Waals surface area (Å²) in [4.78, 5) is 10.6. The molecule has 0 saturated heterocycles. The van der Waals surface area contributed by atoms with Crippen molar-refractivity contribution in [2.24, 2.45) is 5.92 Å². The normalized spacial score (nSPS) is 15.1. The van der Waals surface area contributed by atoms with Gasteiger partial charge in [-0.25, -0.2) is 0 Å². The molecule has 2 nitrogen and oxygen atoms in total. The molecular weight excluding hydrogens is 256 g/mol. The Hall–Kier alpha value is -0.0500. The zero-order chi connectivity index (χ0) is 11.9. The van der Waals surface area contributed by atoms with Crippen LogP contribution in [0.5, 0.6) is 0 Å². The van der Waals surface area contributed by atoms with Crippen LogP contribution in [-0.2, 0) is 9.53 Å². The third-order valence-electron chi connectivity index (χ3n) is 2.41. The molecule has 0 spiro atoms. The first-order chi connectivity index (χ1) is 6.83. The molecule has 15 heavy (non-hydrogen) atoms. The summed E-state index contributed by atoms with van der Waals surface area (Å²) in [6, 6.07) is 0. The van der Waals surface area contributed by atoms with E-state index in [-0.39, 0.29) is 10.3 Å². The summed E-state index contributed by atoms with van der Waals surface area (Å²) in [5.74, 6) is 0.572. The van der Waals surface area contributed by atoms with E-state index in [0.717, 1.165) is 18.8 Å². The van der Waals surface area contributed by atoms with Crippen molar-refractivity contribution in [3.05, 3.63) is 0 Å². The predicted molar refractivity (Wildman–Crippen MR) is 67.3 cm³/mol. The van der Waals surface area contributed by atoms with E-state index in [4.69, 9.17) is 4.74 Å². The number of rotatable bonds is 7. The van der Waals surface area contributed by atoms with Gasteiger partial charge in [-0.15, -0.1) is 0 Å². The van der Waals surface area contributed by atoms with E-state index < -0.39 is 0 Å². The summed E-state index contributed by atoms with van der Waals surface area (Å²) in [5, 5.41) is 0. The molecular formula is C12H23BrO2. The molecule has 1 unspecified atom stereocenters. The Morgan fingerprint density at radius 3 is 2.47 bits per heavy atom. The third-order valence-corrected chi connectivity index (χ3v) is 3.20. The SMILES string of the molecule is CC(=O)OCCC(C)(Br)CCCC(C)C. The molecule has 0 fully saturated rings. The van der Waals surface area contributed by atoms with Gasteiger partial charge < -0.3 is 4.74 Å². The van der Waals surface area contributed by atoms with Gasteiger partial charge in [-0.2, -0.15) is 0 Å². The first-order valence-electron chi connectivity index (χ1n) is 5.66. The van der Waals surface area contributed by atoms with Crippen molar-refractivity contribution in [2.75, 3.05) is 6.61 Å². The monoisotopic (exact) mass is 278 g/mol. The average molecular weight is 279 g/mol. The molecule has 0 aliphatic heterocycles. The minimum absolute atomic E-state index is 0.108. The van der Waals surface area contributed by atoms with Crippen LogP contribution in [0.2, 0.25) is 0 Å². The Kier molecular flexibility index (Phi) is 7.24. The number of ether oxygens (including phenoxy) is 1. The zero-order valence-electron chi connectivity index (χ0n) is 10.3. The third kappa shape index (κ3) is 10.2. The van der Waals surface area contributed by atoms with Crippen molar-refractivity contribution < 1.29 is 9.53 Å². The first-order valence-corrected chi connectivity index (χ1v) is 6.45. The predicted octanol–water partition coefficient (Wildman–Crippen LogP) is 3.92. The van der Waals surface area contributed by atoms with E-state index in [1.54, 1.807) is 0 Å². The smallest absolute Gasteiger partial charge is 0.302 e. The van der Waals surface area contributed by atoms with Gasteiger partial charge in [0.1, 0.15) is 0 Å². The number of hydrogen-bond donors (Lipinski definition) is 0. The molecule has 0 amide bonds. The molecule has 90 valence electrons. The second-order valence-electron chi connectivity index (χ2n) is 4.79. The number of esters is 1. The molecule has 0 N–H and O–H groups in total. The lowest BCUT2D eigenvalue weighted by atomic mass is 9.97. The van der Waals surface area contributed by atoms with E-state index in [0.29, 0.717) is 6.61 Å². The molecule has 0 aromatic carbocycles. The molecule has 0 saturated carbocycles. The quantitative estimate of drug-likeness (QED) is 0.521. The summed E-state index contributed by atoms with van der Waals surface area (Å²) in [6.45, 7) is 8.61. The minimum atomic E-state index is -0.194. The Morgan fingerprint density at radius 1 is 1.40 bits per heavy atom. The number of alkyl halides is 1. The van der Waals surface area contributed by atoms with E-state index in [2.05, 4.69) is 36.7 Å². The number of hydrogen-bond acceptors (Lipinski definition) is 2. The maximum atomic E-state index is 10.6. The van der Waals surface area contributed by atoms with Gasteiger partial charge in [0, 0.05) is 11.2 Å². The van der Waals surface area contributed by atoms with Crippen LogP contribution in [0.1, 0.15) is 53.4 Å². The van der Waals surface area contributed by atoms with Gasteiger partial charge >= 0.3 is 5.97 Å². The molecule has 0 rings (SSSR count). The molecule has 0 aromatic heterocycles. The van der Waals surface area contributed by atoms with Crippen molar-refractivity contribution in [2.45, 2.75) is 57.7 Å². The van der Waals surface area contributed by atoms with Crippen LogP contribution in [0, 0.1) is 5.92 Å². The lowest BCUT2D eigenvalue weighted by molar-refractivity contribution is -0.141. The lowest BCUT2D eigenvalue weighted by Crippen LogP contribution is -2.19. The number of carbonyl (C=O) groups is 1. The summed E-state index contributed by atoms with van der Waals surface area (Å²) >= 11 is 3.69. The minimum Gasteiger partial charge on any atom is -0.466 e. The van der Waals surface area contributed by atoms with Crippen LogP contribution in [-0.4, -0.2) is 16.9 Å². The van der Waals surface area contributed by atoms with Crippen LogP contribution in [0.25, 0.3) is 0 Å². The van der Waals surface area contributed by atoms with Gasteiger partial charge in [0.05, 0.1) is 6.61 Å². The highest BCUT2D eigenvalue weighted by molar-refractivity contribution is 9.10. The summed E-state index contributed by atoms with van der Waals surface area (Å²) in [5.41, 5.74) is 0. The van der Waals surface area contributed by atoms with Gasteiger partial charge in [-0.3, -0.25) is 4.79 Å². The molecule has 0 aliphatic rings. The van der Waals surface area contributed by atoms with E-state index >= 15 is 0 Å². The Balaban J connectivity index is 3.62. The van der Waals surface area contributed by atoms with Crippen LogP contribution < -0.4 is 0 Å². The molecule has 0 aromatic rings. The molecule has 0 bridgehead atoms. The average Bonchev–Trinajstić information content (AvgIpc) is 2.01. The van der Waals surface area contributed by atoms with Crippen LogP contribution in [0.3, 0.4) is 0 Å². The van der Waals surface area contributed by atoms with Gasteiger partial charge in [0.2, 0.25) is 0 Å². The topological polar surface area (TPSA) is 26.3 Å². The lowest BCUT2D eigenvalue weighted by Gasteiger charge is -2.22. The van der Waals surface area contributed by atoms with Crippen molar-refractivity contribution in [1.82, 2.24) is 0 Å². The largest absolute Gasteiger partial charge is 0.466 e. The number of halogens is 1. The molecule has 0 radical (unpaired) electrons. The fraction of sp³-hybridized carbons (Fsp3) is 0.917. The van der Waals surface area contributed by atoms with E-state index in [1.807, 2.05) is 0 Å². The fourth-order valence-corrected chi connectivity index (χ4v) is 1.85. The molecule has 0 heterocycles. The standard InChI is InChI=1S/C12H23BrO2/c1-10(2)6-5-7-12(4,13)8-9-15-11(3)14/h10H,5-9H2,1-4H3. The Bertz CT molecular complexity index is 188. The van der Waals surface area contributed by atoms with Crippen LogP contribution in [0.15, 0.2) is 0 Å². The summed E-state index contributed by atoms with van der Waals surface area (Å²) < 4.78 is 5.04. The van der Waals surface area contributed by atoms with Gasteiger partial charge in [-0.1, -0.05) is 42.6 Å². The molecule has 0 aliphatic carbocycles. The van der Waals surface area contributed by atoms with Crippen molar-refractivity contribution >= 4 is 21.9 Å². The highest BCUT2D eigenvalue weighted by Crippen LogP contribution is 2.29. The van der Waals surface area contributed by atoms with Crippen molar-refractivity contribution in [3.8, 4) is 0 Å². The van der Waals surface area contributed by atoms with Crippen LogP contribution >= 0.6 is 15.9 Å². The van der Waals surface area contributed by atoms with Crippen LogP contribution in [0.4, 0.5) is 0 Å². The highest BCUT2D eigenvalue weighted by Gasteiger charge is 2.19. The fourth-order valence-electron chi connectivity index (χ4n) is 1.41. The van der Waals surface area contributed by atoms with Gasteiger partial charge in [-0.05, 0) is 25.7 Å². The molecule has 1 atom stereocenters.